The zero-order valence-electron chi connectivity index (χ0n) is 14.7. The lowest BCUT2D eigenvalue weighted by atomic mass is 9.88. The number of carbonyl (C=O) groups is 1. The highest BCUT2D eigenvalue weighted by Crippen LogP contribution is 2.25. The van der Waals surface area contributed by atoms with Gasteiger partial charge in [-0.05, 0) is 31.9 Å². The van der Waals surface area contributed by atoms with Gasteiger partial charge in [0.2, 0.25) is 5.91 Å². The van der Waals surface area contributed by atoms with Crippen molar-refractivity contribution in [3.8, 4) is 0 Å². The van der Waals surface area contributed by atoms with Gasteiger partial charge in [-0.25, -0.2) is 4.98 Å². The topological polar surface area (TPSA) is 65.1 Å². The number of hydrogen-bond donors (Lipinski definition) is 1. The van der Waals surface area contributed by atoms with Crippen LogP contribution in [0, 0.1) is 12.8 Å². The molecule has 1 unspecified atom stereocenters. The summed E-state index contributed by atoms with van der Waals surface area (Å²) in [5, 5.41) is 0. The summed E-state index contributed by atoms with van der Waals surface area (Å²) in [4.78, 5) is 29.6. The minimum Gasteiger partial charge on any atom is -0.346 e. The molecule has 1 amide bonds. The molecule has 0 radical (unpaired) electrons. The quantitative estimate of drug-likeness (QED) is 0.922. The molecule has 6 nitrogen and oxygen atoms in total. The molecule has 1 atom stereocenters. The average molecular weight is 339 g/mol. The Morgan fingerprint density at radius 1 is 1.28 bits per heavy atom. The largest absolute Gasteiger partial charge is 0.346 e. The number of pyridine rings is 1. The number of H-pyrrole nitrogens is 1. The first-order chi connectivity index (χ1) is 12.2. The average Bonchev–Trinajstić information content (AvgIpc) is 3.02. The number of imidazole rings is 1. The summed E-state index contributed by atoms with van der Waals surface area (Å²) in [5.41, 5.74) is 3.41. The number of nitrogens with one attached hydrogen (secondary N) is 1. The molecular weight excluding hydrogens is 314 g/mol. The maximum Gasteiger partial charge on any atom is 0.226 e. The van der Waals surface area contributed by atoms with Crippen LogP contribution in [0.25, 0.3) is 0 Å². The number of aromatic amines is 1. The molecular formula is C19H25N5O. The van der Waals surface area contributed by atoms with Crippen LogP contribution in [0.1, 0.15) is 29.3 Å². The van der Waals surface area contributed by atoms with Crippen LogP contribution in [-0.2, 0) is 24.2 Å². The van der Waals surface area contributed by atoms with Crippen molar-refractivity contribution in [2.45, 2.75) is 32.7 Å². The van der Waals surface area contributed by atoms with Gasteiger partial charge >= 0.3 is 0 Å². The molecule has 1 fully saturated rings. The van der Waals surface area contributed by atoms with Crippen molar-refractivity contribution in [1.29, 1.82) is 0 Å². The second-order valence-electron chi connectivity index (χ2n) is 7.11. The molecule has 2 aromatic rings. The Kier molecular flexibility index (Phi) is 4.53. The van der Waals surface area contributed by atoms with E-state index < -0.39 is 0 Å². The number of aromatic nitrogens is 3. The number of fused-ring (bicyclic) bond motifs is 1. The molecule has 2 aliphatic rings. The van der Waals surface area contributed by atoms with Crippen molar-refractivity contribution in [2.75, 3.05) is 26.2 Å². The van der Waals surface area contributed by atoms with Gasteiger partial charge in [0.15, 0.2) is 0 Å². The zero-order valence-corrected chi connectivity index (χ0v) is 14.7. The van der Waals surface area contributed by atoms with Gasteiger partial charge in [0.05, 0.1) is 11.4 Å². The molecule has 0 aromatic carbocycles. The number of nitrogens with zero attached hydrogens (tertiary/aromatic N) is 4. The molecule has 1 N–H and O–H groups in total. The van der Waals surface area contributed by atoms with Crippen molar-refractivity contribution < 1.29 is 4.79 Å². The highest BCUT2D eigenvalue weighted by Gasteiger charge is 2.31. The lowest BCUT2D eigenvalue weighted by Crippen LogP contribution is -2.50. The van der Waals surface area contributed by atoms with Gasteiger partial charge in [-0.15, -0.1) is 0 Å². The Hall–Kier alpha value is -2.21. The second kappa shape index (κ2) is 6.96. The summed E-state index contributed by atoms with van der Waals surface area (Å²) in [6, 6.07) is 6.02. The van der Waals surface area contributed by atoms with Gasteiger partial charge < -0.3 is 9.88 Å². The lowest BCUT2D eigenvalue weighted by molar-refractivity contribution is -0.137. The minimum absolute atomic E-state index is 0.106. The van der Waals surface area contributed by atoms with Gasteiger partial charge in [0.25, 0.3) is 0 Å². The predicted octanol–water partition coefficient (Wildman–Crippen LogP) is 1.56. The smallest absolute Gasteiger partial charge is 0.226 e. The number of piperazine rings is 1. The fourth-order valence-electron chi connectivity index (χ4n) is 3.94. The maximum atomic E-state index is 12.9. The first-order valence-electron chi connectivity index (χ1n) is 9.14. The maximum absolute atomic E-state index is 12.9. The van der Waals surface area contributed by atoms with E-state index in [4.69, 9.17) is 0 Å². The van der Waals surface area contributed by atoms with E-state index in [9.17, 15) is 4.79 Å². The van der Waals surface area contributed by atoms with Crippen LogP contribution in [0.2, 0.25) is 0 Å². The van der Waals surface area contributed by atoms with Gasteiger partial charge in [0, 0.05) is 57.0 Å². The van der Waals surface area contributed by atoms with E-state index >= 15 is 0 Å². The number of rotatable bonds is 3. The van der Waals surface area contributed by atoms with Crippen LogP contribution in [0.5, 0.6) is 0 Å². The molecule has 132 valence electrons. The number of hydrogen-bond acceptors (Lipinski definition) is 4. The van der Waals surface area contributed by atoms with E-state index in [1.165, 1.54) is 0 Å². The van der Waals surface area contributed by atoms with Crippen LogP contribution in [0.4, 0.5) is 0 Å². The summed E-state index contributed by atoms with van der Waals surface area (Å²) in [5.74, 6) is 1.38. The van der Waals surface area contributed by atoms with Crippen molar-refractivity contribution >= 4 is 5.91 Å². The molecule has 0 bridgehead atoms. The molecule has 2 aromatic heterocycles. The Balaban J connectivity index is 1.31. The number of carbonyl (C=O) groups excluding carboxylic acids is 1. The minimum atomic E-state index is 0.106. The monoisotopic (exact) mass is 339 g/mol. The fourth-order valence-corrected chi connectivity index (χ4v) is 3.94. The highest BCUT2D eigenvalue weighted by molar-refractivity contribution is 5.79. The normalized spacial score (nSPS) is 21.2. The van der Waals surface area contributed by atoms with E-state index in [0.29, 0.717) is 5.91 Å². The molecule has 25 heavy (non-hydrogen) atoms. The molecule has 0 spiro atoms. The van der Waals surface area contributed by atoms with Crippen LogP contribution >= 0.6 is 0 Å². The van der Waals surface area contributed by atoms with E-state index in [1.807, 2.05) is 30.2 Å². The molecule has 1 saturated heterocycles. The molecule has 0 saturated carbocycles. The Bertz CT molecular complexity index is 734. The standard InChI is InChI=1S/C19H25N5O/c1-14-21-17-6-5-15(12-18(17)22-14)19(25)24-10-8-23(9-11-24)13-16-4-2-3-7-20-16/h2-4,7,15H,5-6,8-13H2,1H3,(H,21,22). The molecule has 1 aliphatic heterocycles. The van der Waals surface area contributed by atoms with Gasteiger partial charge in [0.1, 0.15) is 5.82 Å². The second-order valence-corrected chi connectivity index (χ2v) is 7.11. The summed E-state index contributed by atoms with van der Waals surface area (Å²) in [6.45, 7) is 6.32. The van der Waals surface area contributed by atoms with E-state index in [2.05, 4.69) is 25.9 Å². The third-order valence-electron chi connectivity index (χ3n) is 5.31. The van der Waals surface area contributed by atoms with Crippen LogP contribution in [-0.4, -0.2) is 56.8 Å². The van der Waals surface area contributed by atoms with E-state index in [-0.39, 0.29) is 5.92 Å². The van der Waals surface area contributed by atoms with Gasteiger partial charge in [-0.2, -0.15) is 0 Å². The SMILES string of the molecule is Cc1nc2c([nH]1)CC(C(=O)N1CCN(Cc3ccccn3)CC1)CC2. The molecule has 4 rings (SSSR count). The zero-order chi connectivity index (χ0) is 17.2. The number of aryl methyl sites for hydroxylation is 2. The first-order valence-corrected chi connectivity index (χ1v) is 9.14. The van der Waals surface area contributed by atoms with Crippen LogP contribution < -0.4 is 0 Å². The summed E-state index contributed by atoms with van der Waals surface area (Å²) in [7, 11) is 0. The van der Waals surface area contributed by atoms with Crippen molar-refractivity contribution in [3.05, 3.63) is 47.3 Å². The van der Waals surface area contributed by atoms with Crippen molar-refractivity contribution in [1.82, 2.24) is 24.8 Å². The third kappa shape index (κ3) is 3.58. The Morgan fingerprint density at radius 2 is 2.12 bits per heavy atom. The van der Waals surface area contributed by atoms with E-state index in [1.54, 1.807) is 0 Å². The van der Waals surface area contributed by atoms with Crippen LogP contribution in [0.3, 0.4) is 0 Å². The fraction of sp³-hybridized carbons (Fsp3) is 0.526. The lowest BCUT2D eigenvalue weighted by Gasteiger charge is -2.36. The van der Waals surface area contributed by atoms with Crippen LogP contribution in [0.15, 0.2) is 24.4 Å². The Morgan fingerprint density at radius 3 is 2.88 bits per heavy atom. The molecule has 1 aliphatic carbocycles. The Labute approximate surface area is 148 Å². The molecule has 6 heteroatoms. The molecule has 3 heterocycles. The summed E-state index contributed by atoms with van der Waals surface area (Å²) >= 11 is 0. The van der Waals surface area contributed by atoms with Gasteiger partial charge in [-0.1, -0.05) is 6.07 Å². The van der Waals surface area contributed by atoms with E-state index in [0.717, 1.165) is 74.9 Å². The first kappa shape index (κ1) is 16.3. The van der Waals surface area contributed by atoms with Gasteiger partial charge in [-0.3, -0.25) is 14.7 Å². The van der Waals surface area contributed by atoms with Crippen molar-refractivity contribution in [2.24, 2.45) is 5.92 Å². The number of amides is 1. The predicted molar refractivity (Wildman–Crippen MR) is 94.9 cm³/mol. The highest BCUT2D eigenvalue weighted by atomic mass is 16.2. The third-order valence-corrected chi connectivity index (χ3v) is 5.31. The summed E-state index contributed by atoms with van der Waals surface area (Å²) in [6.07, 6.45) is 4.48. The summed E-state index contributed by atoms with van der Waals surface area (Å²) < 4.78 is 0. The van der Waals surface area contributed by atoms with Crippen molar-refractivity contribution in [3.63, 3.8) is 0 Å².